The van der Waals surface area contributed by atoms with Crippen LogP contribution in [0, 0.1) is 6.92 Å². The fourth-order valence-electron chi connectivity index (χ4n) is 3.83. The fraction of sp³-hybridized carbons (Fsp3) is 0.120. The monoisotopic (exact) mass is 484 g/mol. The lowest BCUT2D eigenvalue weighted by Gasteiger charge is -2.15. The number of benzene rings is 2. The van der Waals surface area contributed by atoms with E-state index in [9.17, 15) is 14.4 Å². The predicted molar refractivity (Wildman–Crippen MR) is 135 cm³/mol. The Morgan fingerprint density at radius 1 is 0.943 bits per heavy atom. The molecular formula is C25H20N6O3S. The van der Waals surface area contributed by atoms with Crippen molar-refractivity contribution in [3.05, 3.63) is 99.0 Å². The number of amides is 1. The van der Waals surface area contributed by atoms with E-state index in [1.807, 2.05) is 19.1 Å². The van der Waals surface area contributed by atoms with Gasteiger partial charge in [-0.1, -0.05) is 36.0 Å². The Balaban J connectivity index is 1.65. The van der Waals surface area contributed by atoms with E-state index in [4.69, 9.17) is 10.7 Å². The molecule has 5 aromatic rings. The maximum atomic E-state index is 13.5. The molecule has 9 nitrogen and oxygen atoms in total. The number of hydrogen-bond acceptors (Lipinski definition) is 7. The first-order valence-corrected chi connectivity index (χ1v) is 11.8. The van der Waals surface area contributed by atoms with Gasteiger partial charge in [-0.15, -0.1) is 0 Å². The van der Waals surface area contributed by atoms with Crippen LogP contribution in [0.1, 0.15) is 11.4 Å². The molecular weight excluding hydrogens is 464 g/mol. The van der Waals surface area contributed by atoms with Crippen LogP contribution in [0.25, 0.3) is 27.6 Å². The summed E-state index contributed by atoms with van der Waals surface area (Å²) in [5.41, 5.74) is 6.81. The minimum absolute atomic E-state index is 0.171. The molecule has 35 heavy (non-hydrogen) atoms. The smallest absolute Gasteiger partial charge is 0.267 e. The fourth-order valence-corrected chi connectivity index (χ4v) is 4.77. The van der Waals surface area contributed by atoms with E-state index >= 15 is 0 Å². The molecule has 0 bridgehead atoms. The van der Waals surface area contributed by atoms with E-state index in [0.29, 0.717) is 38.6 Å². The topological polar surface area (TPSA) is 126 Å². The van der Waals surface area contributed by atoms with Crippen molar-refractivity contribution in [3.63, 3.8) is 0 Å². The summed E-state index contributed by atoms with van der Waals surface area (Å²) in [5.74, 6) is 0.310. The van der Waals surface area contributed by atoms with Gasteiger partial charge in [-0.25, -0.2) is 19.5 Å². The van der Waals surface area contributed by atoms with Gasteiger partial charge in [-0.3, -0.25) is 19.0 Å². The van der Waals surface area contributed by atoms with E-state index < -0.39 is 5.91 Å². The summed E-state index contributed by atoms with van der Waals surface area (Å²) < 4.78 is 2.73. The molecule has 3 heterocycles. The third-order valence-corrected chi connectivity index (χ3v) is 6.39. The second kappa shape index (κ2) is 9.15. The van der Waals surface area contributed by atoms with Crippen LogP contribution in [-0.2, 0) is 17.1 Å². The largest absolute Gasteiger partial charge is 0.368 e. The van der Waals surface area contributed by atoms with Gasteiger partial charge in [0.05, 0.1) is 27.6 Å². The molecule has 0 aliphatic rings. The highest BCUT2D eigenvalue weighted by Crippen LogP contribution is 2.24. The summed E-state index contributed by atoms with van der Waals surface area (Å²) in [6, 6.07) is 17.7. The molecule has 1 amide bonds. The number of fused-ring (bicyclic) bond motifs is 2. The molecule has 174 valence electrons. The van der Waals surface area contributed by atoms with Crippen molar-refractivity contribution < 1.29 is 4.79 Å². The highest BCUT2D eigenvalue weighted by molar-refractivity contribution is 7.98. The van der Waals surface area contributed by atoms with Crippen LogP contribution >= 0.6 is 11.8 Å². The second-order valence-corrected chi connectivity index (χ2v) is 8.88. The molecule has 0 radical (unpaired) electrons. The summed E-state index contributed by atoms with van der Waals surface area (Å²) in [4.78, 5) is 51.9. The normalized spacial score (nSPS) is 11.2. The highest BCUT2D eigenvalue weighted by atomic mass is 32.2. The summed E-state index contributed by atoms with van der Waals surface area (Å²) in [6.07, 6.45) is 1.64. The van der Waals surface area contributed by atoms with Crippen molar-refractivity contribution in [1.29, 1.82) is 0 Å². The summed E-state index contributed by atoms with van der Waals surface area (Å²) in [7, 11) is 0. The molecule has 0 saturated carbocycles. The van der Waals surface area contributed by atoms with Gasteiger partial charge in [0.25, 0.3) is 11.1 Å². The Bertz CT molecular complexity index is 1730. The number of nitrogens with two attached hydrogens (primary N) is 1. The molecule has 5 rings (SSSR count). The number of aryl methyl sites for hydroxylation is 1. The molecule has 10 heteroatoms. The van der Waals surface area contributed by atoms with Crippen LogP contribution in [0.2, 0.25) is 0 Å². The zero-order valence-corrected chi connectivity index (χ0v) is 19.5. The highest BCUT2D eigenvalue weighted by Gasteiger charge is 2.17. The van der Waals surface area contributed by atoms with Crippen LogP contribution in [0.5, 0.6) is 0 Å². The van der Waals surface area contributed by atoms with Gasteiger partial charge in [-0.05, 0) is 48.9 Å². The molecule has 2 N–H and O–H groups in total. The van der Waals surface area contributed by atoms with E-state index in [1.165, 1.54) is 20.9 Å². The Morgan fingerprint density at radius 2 is 1.60 bits per heavy atom. The van der Waals surface area contributed by atoms with E-state index in [0.717, 1.165) is 5.56 Å². The predicted octanol–water partition coefficient (Wildman–Crippen LogP) is 2.58. The zero-order chi connectivity index (χ0) is 24.5. The first kappa shape index (κ1) is 22.5. The summed E-state index contributed by atoms with van der Waals surface area (Å²) in [5, 5.41) is 1.25. The number of primary amides is 1. The van der Waals surface area contributed by atoms with Crippen molar-refractivity contribution >= 4 is 39.5 Å². The third kappa shape index (κ3) is 4.31. The van der Waals surface area contributed by atoms with Crippen molar-refractivity contribution in [3.8, 4) is 5.82 Å². The molecule has 2 aromatic carbocycles. The lowest BCUT2D eigenvalue weighted by atomic mass is 10.2. The van der Waals surface area contributed by atoms with Crippen LogP contribution in [-0.4, -0.2) is 30.0 Å². The number of nitrogens with zero attached hydrogens (tertiary/aromatic N) is 5. The lowest BCUT2D eigenvalue weighted by Crippen LogP contribution is -2.31. The Labute approximate surface area is 203 Å². The molecule has 0 aliphatic carbocycles. The number of para-hydroxylation sites is 2. The first-order valence-electron chi connectivity index (χ1n) is 10.8. The molecule has 0 fully saturated rings. The van der Waals surface area contributed by atoms with Crippen molar-refractivity contribution in [1.82, 2.24) is 24.1 Å². The lowest BCUT2D eigenvalue weighted by molar-refractivity contribution is -0.118. The summed E-state index contributed by atoms with van der Waals surface area (Å²) in [6.45, 7) is 1.61. The Morgan fingerprint density at radius 3 is 2.29 bits per heavy atom. The SMILES string of the molecule is Cc1ccnc(-n2c(SCc3nc4ccccc4c(=O)n3CC(N)=O)nc3ccccc3c2=O)c1. The Kier molecular flexibility index (Phi) is 5.87. The van der Waals surface area contributed by atoms with Gasteiger partial charge in [0.1, 0.15) is 18.2 Å². The van der Waals surface area contributed by atoms with Gasteiger partial charge >= 0.3 is 0 Å². The summed E-state index contributed by atoms with van der Waals surface area (Å²) >= 11 is 1.23. The van der Waals surface area contributed by atoms with E-state index in [1.54, 1.807) is 54.7 Å². The molecule has 3 aromatic heterocycles. The molecule has 0 saturated heterocycles. The van der Waals surface area contributed by atoms with Crippen LogP contribution in [0.15, 0.2) is 81.6 Å². The molecule has 0 unspecified atom stereocenters. The van der Waals surface area contributed by atoms with Crippen molar-refractivity contribution in [2.75, 3.05) is 0 Å². The van der Waals surface area contributed by atoms with Gasteiger partial charge in [-0.2, -0.15) is 0 Å². The number of carbonyl (C=O) groups excluding carboxylic acids is 1. The van der Waals surface area contributed by atoms with Gasteiger partial charge in [0, 0.05) is 6.20 Å². The zero-order valence-electron chi connectivity index (χ0n) is 18.7. The second-order valence-electron chi connectivity index (χ2n) is 7.93. The maximum Gasteiger partial charge on any atom is 0.267 e. The van der Waals surface area contributed by atoms with Gasteiger partial charge < -0.3 is 5.73 Å². The third-order valence-electron chi connectivity index (χ3n) is 5.46. The van der Waals surface area contributed by atoms with E-state index in [-0.39, 0.29) is 23.4 Å². The molecule has 0 aliphatic heterocycles. The van der Waals surface area contributed by atoms with Crippen molar-refractivity contribution in [2.45, 2.75) is 24.4 Å². The number of aromatic nitrogens is 5. The average molecular weight is 485 g/mol. The minimum atomic E-state index is -0.653. The average Bonchev–Trinajstić information content (AvgIpc) is 2.84. The minimum Gasteiger partial charge on any atom is -0.368 e. The van der Waals surface area contributed by atoms with Crippen LogP contribution in [0.4, 0.5) is 0 Å². The van der Waals surface area contributed by atoms with Crippen LogP contribution < -0.4 is 16.9 Å². The number of pyridine rings is 1. The quantitative estimate of drug-likeness (QED) is 0.290. The first-order chi connectivity index (χ1) is 16.9. The number of thioether (sulfide) groups is 1. The van der Waals surface area contributed by atoms with Gasteiger partial charge in [0.2, 0.25) is 5.91 Å². The van der Waals surface area contributed by atoms with Crippen molar-refractivity contribution in [2.24, 2.45) is 5.73 Å². The standard InChI is InChI=1S/C25H20N6O3S/c1-15-10-11-27-21(12-15)31-24(34)17-7-3-5-9-19(17)29-25(31)35-14-22-28-18-8-4-2-6-16(18)23(33)30(22)13-20(26)32/h2-12H,13-14H2,1H3,(H2,26,32). The van der Waals surface area contributed by atoms with Gasteiger partial charge in [0.15, 0.2) is 5.16 Å². The Hall–Kier alpha value is -4.31. The number of carbonyl (C=O) groups is 1. The number of rotatable bonds is 6. The number of hydrogen-bond donors (Lipinski definition) is 1. The molecule has 0 atom stereocenters. The maximum absolute atomic E-state index is 13.5. The molecule has 0 spiro atoms. The van der Waals surface area contributed by atoms with E-state index in [2.05, 4.69) is 9.97 Å². The van der Waals surface area contributed by atoms with Crippen LogP contribution in [0.3, 0.4) is 0 Å².